The van der Waals surface area contributed by atoms with E-state index >= 15 is 0 Å². The molecule has 0 amide bonds. The van der Waals surface area contributed by atoms with E-state index in [1.165, 1.54) is 6.42 Å². The number of nitrogens with zero attached hydrogens (tertiary/aromatic N) is 1. The number of aliphatic hydroxyl groups excluding tert-OH is 2. The van der Waals surface area contributed by atoms with Gasteiger partial charge in [-0.25, -0.2) is 0 Å². The number of aliphatic hydroxyl groups is 2. The Morgan fingerprint density at radius 1 is 1.08 bits per heavy atom. The van der Waals surface area contributed by atoms with Crippen LogP contribution in [0.4, 0.5) is 0 Å². The van der Waals surface area contributed by atoms with E-state index < -0.39 is 0 Å². The van der Waals surface area contributed by atoms with Crippen molar-refractivity contribution in [2.45, 2.75) is 19.3 Å². The van der Waals surface area contributed by atoms with E-state index in [0.717, 1.165) is 25.9 Å². The molecule has 1 aliphatic heterocycles. The van der Waals surface area contributed by atoms with Crippen molar-refractivity contribution in [3.8, 4) is 0 Å². The first-order valence-electron chi connectivity index (χ1n) is 5.16. The average molecular weight is 187 g/mol. The van der Waals surface area contributed by atoms with Gasteiger partial charge in [0.15, 0.2) is 0 Å². The van der Waals surface area contributed by atoms with Gasteiger partial charge in [0.25, 0.3) is 0 Å². The molecule has 0 aromatic carbocycles. The van der Waals surface area contributed by atoms with Crippen LogP contribution in [0.1, 0.15) is 19.3 Å². The lowest BCUT2D eigenvalue weighted by Crippen LogP contribution is -2.38. The van der Waals surface area contributed by atoms with Crippen molar-refractivity contribution in [3.05, 3.63) is 0 Å². The molecule has 0 aromatic heterocycles. The number of hydrogen-bond acceptors (Lipinski definition) is 3. The van der Waals surface area contributed by atoms with E-state index in [1.54, 1.807) is 0 Å². The summed E-state index contributed by atoms with van der Waals surface area (Å²) in [6.45, 7) is 2.79. The third kappa shape index (κ3) is 3.63. The Morgan fingerprint density at radius 3 is 1.92 bits per heavy atom. The molecule has 2 N–H and O–H groups in total. The highest BCUT2D eigenvalue weighted by atomic mass is 16.3. The highest BCUT2D eigenvalue weighted by Crippen LogP contribution is 2.25. The molecule has 2 unspecified atom stereocenters. The summed E-state index contributed by atoms with van der Waals surface area (Å²) in [5, 5.41) is 17.7. The van der Waals surface area contributed by atoms with E-state index in [4.69, 9.17) is 10.2 Å². The molecular formula is C10H21NO2. The fraction of sp³-hybridized carbons (Fsp3) is 1.00. The van der Waals surface area contributed by atoms with Crippen molar-refractivity contribution >= 4 is 0 Å². The largest absolute Gasteiger partial charge is 0.396 e. The Labute approximate surface area is 80.4 Å². The molecule has 1 fully saturated rings. The molecule has 3 heteroatoms. The Kier molecular flexibility index (Phi) is 4.70. The van der Waals surface area contributed by atoms with Crippen LogP contribution in [0.5, 0.6) is 0 Å². The SMILES string of the molecule is CN1CC(CCO)CC(CCO)C1. The van der Waals surface area contributed by atoms with Crippen LogP contribution < -0.4 is 0 Å². The van der Waals surface area contributed by atoms with Crippen molar-refractivity contribution in [2.24, 2.45) is 11.8 Å². The first kappa shape index (κ1) is 11.0. The predicted molar refractivity (Wildman–Crippen MR) is 52.5 cm³/mol. The summed E-state index contributed by atoms with van der Waals surface area (Å²) in [7, 11) is 2.12. The van der Waals surface area contributed by atoms with Gasteiger partial charge in [0, 0.05) is 26.3 Å². The van der Waals surface area contributed by atoms with E-state index in [2.05, 4.69) is 11.9 Å². The van der Waals surface area contributed by atoms with Gasteiger partial charge < -0.3 is 15.1 Å². The topological polar surface area (TPSA) is 43.7 Å². The summed E-state index contributed by atoms with van der Waals surface area (Å²) in [6.07, 6.45) is 2.99. The molecule has 0 bridgehead atoms. The molecule has 1 saturated heterocycles. The molecule has 0 radical (unpaired) electrons. The second kappa shape index (κ2) is 5.58. The zero-order valence-corrected chi connectivity index (χ0v) is 8.45. The zero-order chi connectivity index (χ0) is 9.68. The molecule has 13 heavy (non-hydrogen) atoms. The number of likely N-dealkylation sites (tertiary alicyclic amines) is 1. The fourth-order valence-electron chi connectivity index (χ4n) is 2.36. The van der Waals surface area contributed by atoms with E-state index in [9.17, 15) is 0 Å². The summed E-state index contributed by atoms with van der Waals surface area (Å²) in [5.41, 5.74) is 0. The molecule has 1 rings (SSSR count). The second-order valence-corrected chi connectivity index (χ2v) is 4.21. The number of piperidine rings is 1. The van der Waals surface area contributed by atoms with Crippen molar-refractivity contribution in [3.63, 3.8) is 0 Å². The van der Waals surface area contributed by atoms with Gasteiger partial charge in [0.05, 0.1) is 0 Å². The summed E-state index contributed by atoms with van der Waals surface area (Å²) in [6, 6.07) is 0. The van der Waals surface area contributed by atoms with Gasteiger partial charge in [0.2, 0.25) is 0 Å². The maximum absolute atomic E-state index is 8.85. The lowest BCUT2D eigenvalue weighted by molar-refractivity contribution is 0.111. The lowest BCUT2D eigenvalue weighted by atomic mass is 9.86. The van der Waals surface area contributed by atoms with Gasteiger partial charge in [0.1, 0.15) is 0 Å². The number of hydrogen-bond donors (Lipinski definition) is 2. The van der Waals surface area contributed by atoms with Crippen LogP contribution >= 0.6 is 0 Å². The van der Waals surface area contributed by atoms with Crippen LogP contribution in [0, 0.1) is 11.8 Å². The summed E-state index contributed by atoms with van der Waals surface area (Å²) in [5.74, 6) is 1.25. The summed E-state index contributed by atoms with van der Waals surface area (Å²) >= 11 is 0. The van der Waals surface area contributed by atoms with Gasteiger partial charge in [-0.15, -0.1) is 0 Å². The molecule has 0 spiro atoms. The predicted octanol–water partition coefficient (Wildman–Crippen LogP) is 0.319. The van der Waals surface area contributed by atoms with Gasteiger partial charge in [-0.3, -0.25) is 0 Å². The van der Waals surface area contributed by atoms with E-state index in [-0.39, 0.29) is 0 Å². The molecule has 3 nitrogen and oxygen atoms in total. The maximum Gasteiger partial charge on any atom is 0.0434 e. The fourth-order valence-corrected chi connectivity index (χ4v) is 2.36. The normalized spacial score (nSPS) is 30.7. The average Bonchev–Trinajstić information content (AvgIpc) is 2.04. The van der Waals surface area contributed by atoms with Gasteiger partial charge in [-0.2, -0.15) is 0 Å². The standard InChI is InChI=1S/C10H21NO2/c1-11-7-9(2-4-12)6-10(8-11)3-5-13/h9-10,12-13H,2-8H2,1H3. The first-order valence-corrected chi connectivity index (χ1v) is 5.16. The zero-order valence-electron chi connectivity index (χ0n) is 8.45. The molecular weight excluding hydrogens is 166 g/mol. The van der Waals surface area contributed by atoms with Crippen molar-refractivity contribution in [2.75, 3.05) is 33.4 Å². The molecule has 0 aromatic rings. The minimum absolute atomic E-state index is 0.296. The lowest BCUT2D eigenvalue weighted by Gasteiger charge is -2.35. The van der Waals surface area contributed by atoms with Crippen LogP contribution in [0.15, 0.2) is 0 Å². The monoisotopic (exact) mass is 187 g/mol. The Balaban J connectivity index is 2.33. The Hall–Kier alpha value is -0.120. The summed E-state index contributed by atoms with van der Waals surface area (Å²) < 4.78 is 0. The van der Waals surface area contributed by atoms with Crippen LogP contribution in [-0.4, -0.2) is 48.5 Å². The van der Waals surface area contributed by atoms with E-state index in [1.807, 2.05) is 0 Å². The quantitative estimate of drug-likeness (QED) is 0.666. The number of rotatable bonds is 4. The van der Waals surface area contributed by atoms with Crippen LogP contribution in [0.3, 0.4) is 0 Å². The highest BCUT2D eigenvalue weighted by molar-refractivity contribution is 4.77. The second-order valence-electron chi connectivity index (χ2n) is 4.21. The van der Waals surface area contributed by atoms with Crippen molar-refractivity contribution in [1.82, 2.24) is 4.90 Å². The first-order chi connectivity index (χ1) is 6.26. The minimum Gasteiger partial charge on any atom is -0.396 e. The van der Waals surface area contributed by atoms with Crippen LogP contribution in [0.2, 0.25) is 0 Å². The third-order valence-corrected chi connectivity index (χ3v) is 2.88. The maximum atomic E-state index is 8.85. The molecule has 78 valence electrons. The van der Waals surface area contributed by atoms with Gasteiger partial charge >= 0.3 is 0 Å². The van der Waals surface area contributed by atoms with Crippen molar-refractivity contribution < 1.29 is 10.2 Å². The Morgan fingerprint density at radius 2 is 1.54 bits per heavy atom. The van der Waals surface area contributed by atoms with Crippen molar-refractivity contribution in [1.29, 1.82) is 0 Å². The molecule has 0 saturated carbocycles. The Bertz CT molecular complexity index is 127. The van der Waals surface area contributed by atoms with Gasteiger partial charge in [-0.05, 0) is 38.1 Å². The smallest absolute Gasteiger partial charge is 0.0434 e. The molecule has 1 heterocycles. The molecule has 1 aliphatic rings. The van der Waals surface area contributed by atoms with E-state index in [0.29, 0.717) is 25.0 Å². The molecule has 2 atom stereocenters. The van der Waals surface area contributed by atoms with Crippen LogP contribution in [-0.2, 0) is 0 Å². The minimum atomic E-state index is 0.296. The van der Waals surface area contributed by atoms with Gasteiger partial charge in [-0.1, -0.05) is 0 Å². The molecule has 0 aliphatic carbocycles. The summed E-state index contributed by atoms with van der Waals surface area (Å²) in [4.78, 5) is 2.31. The third-order valence-electron chi connectivity index (χ3n) is 2.88. The van der Waals surface area contributed by atoms with Crippen LogP contribution in [0.25, 0.3) is 0 Å². The highest BCUT2D eigenvalue weighted by Gasteiger charge is 2.24.